The van der Waals surface area contributed by atoms with Gasteiger partial charge in [0, 0.05) is 7.05 Å². The number of rotatable bonds is 5. The number of hydrogen-bond acceptors (Lipinski definition) is 3. The number of benzene rings is 1. The average Bonchev–Trinajstić information content (AvgIpc) is 2.38. The lowest BCUT2D eigenvalue weighted by Gasteiger charge is -2.35. The maximum atomic E-state index is 12.1. The topological polar surface area (TPSA) is 66.6 Å². The molecule has 0 bridgehead atoms. The number of nitrogens with zero attached hydrogens (tertiary/aromatic N) is 1. The first-order valence-corrected chi connectivity index (χ1v) is 6.06. The molecule has 0 radical (unpaired) electrons. The lowest BCUT2D eigenvalue weighted by atomic mass is 10.0. The summed E-state index contributed by atoms with van der Waals surface area (Å²) in [7, 11) is 1.67. The van der Waals surface area contributed by atoms with Crippen LogP contribution in [0.3, 0.4) is 0 Å². The largest absolute Gasteiger partial charge is 0.394 e. The molecular weight excluding hydrogens is 228 g/mol. The molecule has 0 fully saturated rings. The van der Waals surface area contributed by atoms with Crippen molar-refractivity contribution in [2.24, 2.45) is 5.73 Å². The molecule has 0 aliphatic rings. The molecule has 0 heterocycles. The van der Waals surface area contributed by atoms with Gasteiger partial charge in [-0.15, -0.1) is 0 Å². The van der Waals surface area contributed by atoms with E-state index in [1.54, 1.807) is 20.9 Å². The summed E-state index contributed by atoms with van der Waals surface area (Å²) in [6.07, 6.45) is 0.505. The van der Waals surface area contributed by atoms with Crippen molar-refractivity contribution in [3.8, 4) is 0 Å². The van der Waals surface area contributed by atoms with E-state index in [0.717, 1.165) is 5.56 Å². The molecule has 0 aliphatic carbocycles. The lowest BCUT2D eigenvalue weighted by molar-refractivity contribution is -0.137. The van der Waals surface area contributed by atoms with E-state index in [-0.39, 0.29) is 12.5 Å². The van der Waals surface area contributed by atoms with Gasteiger partial charge in [-0.05, 0) is 25.8 Å². The van der Waals surface area contributed by atoms with E-state index < -0.39 is 11.6 Å². The van der Waals surface area contributed by atoms with Crippen LogP contribution in [0.1, 0.15) is 19.4 Å². The van der Waals surface area contributed by atoms with Crippen molar-refractivity contribution in [1.82, 2.24) is 4.90 Å². The summed E-state index contributed by atoms with van der Waals surface area (Å²) in [5.41, 5.74) is 6.37. The van der Waals surface area contributed by atoms with Crippen LogP contribution in [0, 0.1) is 0 Å². The number of aliphatic hydroxyl groups excluding tert-OH is 1. The quantitative estimate of drug-likeness (QED) is 0.812. The zero-order chi connectivity index (χ0) is 13.8. The number of aliphatic hydroxyl groups is 1. The van der Waals surface area contributed by atoms with Crippen LogP contribution in [0.5, 0.6) is 0 Å². The summed E-state index contributed by atoms with van der Waals surface area (Å²) in [6, 6.07) is 9.09. The first-order chi connectivity index (χ1) is 8.38. The molecule has 4 nitrogen and oxygen atoms in total. The monoisotopic (exact) mass is 250 g/mol. The Labute approximate surface area is 108 Å². The normalized spacial score (nSPS) is 13.2. The predicted molar refractivity (Wildman–Crippen MR) is 72.1 cm³/mol. The van der Waals surface area contributed by atoms with E-state index in [4.69, 9.17) is 5.73 Å². The second-order valence-electron chi connectivity index (χ2n) is 5.16. The van der Waals surface area contributed by atoms with Crippen molar-refractivity contribution >= 4 is 5.91 Å². The molecule has 0 saturated heterocycles. The number of hydrogen-bond donors (Lipinski definition) is 2. The molecule has 0 unspecified atom stereocenters. The maximum Gasteiger partial charge on any atom is 0.240 e. The zero-order valence-electron chi connectivity index (χ0n) is 11.3. The molecule has 100 valence electrons. The first-order valence-electron chi connectivity index (χ1n) is 6.06. The fourth-order valence-electron chi connectivity index (χ4n) is 1.61. The Hall–Kier alpha value is -1.39. The minimum Gasteiger partial charge on any atom is -0.394 e. The molecule has 1 atom stereocenters. The van der Waals surface area contributed by atoms with Crippen LogP contribution in [0.2, 0.25) is 0 Å². The summed E-state index contributed by atoms with van der Waals surface area (Å²) in [5, 5.41) is 9.25. The van der Waals surface area contributed by atoms with E-state index in [1.807, 2.05) is 30.3 Å². The van der Waals surface area contributed by atoms with E-state index in [2.05, 4.69) is 0 Å². The fourth-order valence-corrected chi connectivity index (χ4v) is 1.61. The molecular formula is C14H22N2O2. The van der Waals surface area contributed by atoms with Crippen molar-refractivity contribution in [2.45, 2.75) is 31.8 Å². The minimum absolute atomic E-state index is 0.0900. The number of carbonyl (C=O) groups is 1. The van der Waals surface area contributed by atoms with Crippen LogP contribution in [0.15, 0.2) is 30.3 Å². The molecule has 4 heteroatoms. The summed E-state index contributed by atoms with van der Waals surface area (Å²) < 4.78 is 0. The predicted octanol–water partition coefficient (Wildman–Crippen LogP) is 0.786. The summed E-state index contributed by atoms with van der Waals surface area (Å²) in [6.45, 7) is 3.52. The first kappa shape index (κ1) is 14.7. The summed E-state index contributed by atoms with van der Waals surface area (Å²) >= 11 is 0. The van der Waals surface area contributed by atoms with Crippen molar-refractivity contribution in [2.75, 3.05) is 13.7 Å². The number of carbonyl (C=O) groups excluding carboxylic acids is 1. The van der Waals surface area contributed by atoms with Gasteiger partial charge in [-0.2, -0.15) is 0 Å². The van der Waals surface area contributed by atoms with Crippen LogP contribution >= 0.6 is 0 Å². The third-order valence-corrected chi connectivity index (χ3v) is 3.24. The summed E-state index contributed by atoms with van der Waals surface area (Å²) in [5.74, 6) is -0.155. The smallest absolute Gasteiger partial charge is 0.240 e. The molecule has 1 amide bonds. The Bertz CT molecular complexity index is 390. The number of amides is 1. The van der Waals surface area contributed by atoms with Gasteiger partial charge in [0.15, 0.2) is 0 Å². The van der Waals surface area contributed by atoms with Gasteiger partial charge in [0.2, 0.25) is 5.91 Å². The average molecular weight is 250 g/mol. The molecule has 0 saturated carbocycles. The second-order valence-corrected chi connectivity index (χ2v) is 5.16. The van der Waals surface area contributed by atoms with Crippen LogP contribution < -0.4 is 5.73 Å². The highest BCUT2D eigenvalue weighted by Crippen LogP contribution is 2.13. The van der Waals surface area contributed by atoms with E-state index in [0.29, 0.717) is 6.42 Å². The molecule has 1 rings (SSSR count). The van der Waals surface area contributed by atoms with Gasteiger partial charge < -0.3 is 15.7 Å². The van der Waals surface area contributed by atoms with E-state index in [9.17, 15) is 9.90 Å². The molecule has 0 aromatic heterocycles. The number of likely N-dealkylation sites (N-methyl/N-ethyl adjacent to an activating group) is 1. The molecule has 1 aromatic carbocycles. The summed E-state index contributed by atoms with van der Waals surface area (Å²) in [4.78, 5) is 13.7. The zero-order valence-corrected chi connectivity index (χ0v) is 11.3. The Morgan fingerprint density at radius 3 is 2.44 bits per heavy atom. The highest BCUT2D eigenvalue weighted by Gasteiger charge is 2.29. The van der Waals surface area contributed by atoms with Crippen molar-refractivity contribution < 1.29 is 9.90 Å². The fraction of sp³-hybridized carbons (Fsp3) is 0.500. The second kappa shape index (κ2) is 5.98. The highest BCUT2D eigenvalue weighted by molar-refractivity contribution is 5.82. The van der Waals surface area contributed by atoms with Crippen molar-refractivity contribution in [3.05, 3.63) is 35.9 Å². The van der Waals surface area contributed by atoms with Gasteiger partial charge in [-0.25, -0.2) is 0 Å². The Morgan fingerprint density at radius 2 is 1.94 bits per heavy atom. The van der Waals surface area contributed by atoms with Gasteiger partial charge in [0.05, 0.1) is 18.2 Å². The highest BCUT2D eigenvalue weighted by atomic mass is 16.3. The molecule has 0 spiro atoms. The van der Waals surface area contributed by atoms with Gasteiger partial charge in [0.1, 0.15) is 0 Å². The van der Waals surface area contributed by atoms with Crippen molar-refractivity contribution in [1.29, 1.82) is 0 Å². The number of nitrogens with two attached hydrogens (primary N) is 1. The molecule has 0 aliphatic heterocycles. The van der Waals surface area contributed by atoms with Gasteiger partial charge >= 0.3 is 0 Å². The van der Waals surface area contributed by atoms with Gasteiger partial charge in [-0.1, -0.05) is 30.3 Å². The maximum absolute atomic E-state index is 12.1. The molecule has 1 aromatic rings. The van der Waals surface area contributed by atoms with Crippen LogP contribution in [-0.4, -0.2) is 41.1 Å². The van der Waals surface area contributed by atoms with Crippen LogP contribution in [0.25, 0.3) is 0 Å². The Kier molecular flexibility index (Phi) is 4.87. The minimum atomic E-state index is -0.592. The SMILES string of the molecule is CN(C(=O)[C@H](N)Cc1ccccc1)C(C)(C)CO. The standard InChI is InChI=1S/C14H22N2O2/c1-14(2,10-17)16(3)13(18)12(15)9-11-7-5-4-6-8-11/h4-8,12,17H,9-10,15H2,1-3H3/t12-/m1/s1. The lowest BCUT2D eigenvalue weighted by Crippen LogP contribution is -2.53. The van der Waals surface area contributed by atoms with E-state index >= 15 is 0 Å². The molecule has 18 heavy (non-hydrogen) atoms. The third kappa shape index (κ3) is 3.55. The van der Waals surface area contributed by atoms with Crippen LogP contribution in [-0.2, 0) is 11.2 Å². The Balaban J connectivity index is 2.67. The Morgan fingerprint density at radius 1 is 1.39 bits per heavy atom. The third-order valence-electron chi connectivity index (χ3n) is 3.24. The molecule has 3 N–H and O–H groups in total. The van der Waals surface area contributed by atoms with Crippen LogP contribution in [0.4, 0.5) is 0 Å². The van der Waals surface area contributed by atoms with Gasteiger partial charge in [0.25, 0.3) is 0 Å². The van der Waals surface area contributed by atoms with Crippen molar-refractivity contribution in [3.63, 3.8) is 0 Å². The van der Waals surface area contributed by atoms with E-state index in [1.165, 1.54) is 4.90 Å². The van der Waals surface area contributed by atoms with Gasteiger partial charge in [-0.3, -0.25) is 4.79 Å².